The molecular weight excluding hydrogens is 330 g/mol. The molecule has 0 radical (unpaired) electrons. The number of fused-ring (bicyclic) bond motifs is 5. The van der Waals surface area contributed by atoms with Crippen LogP contribution in [-0.2, 0) is 15.6 Å². The van der Waals surface area contributed by atoms with Gasteiger partial charge in [0.05, 0.1) is 0 Å². The summed E-state index contributed by atoms with van der Waals surface area (Å²) in [7, 11) is 0. The van der Waals surface area contributed by atoms with Crippen molar-refractivity contribution in [2.24, 2.45) is 0 Å². The number of hydrogen-bond donors (Lipinski definition) is 1. The van der Waals surface area contributed by atoms with Crippen LogP contribution in [0.1, 0.15) is 37.5 Å². The number of ether oxygens (including phenoxy) is 3. The van der Waals surface area contributed by atoms with Crippen LogP contribution < -0.4 is 19.5 Å². The molecule has 3 heterocycles. The van der Waals surface area contributed by atoms with Gasteiger partial charge in [-0.3, -0.25) is 4.79 Å². The fourth-order valence-corrected chi connectivity index (χ4v) is 4.27. The summed E-state index contributed by atoms with van der Waals surface area (Å²) < 4.78 is 17.4. The Morgan fingerprint density at radius 1 is 1.00 bits per heavy atom. The van der Waals surface area contributed by atoms with Gasteiger partial charge in [0.15, 0.2) is 11.5 Å². The maximum absolute atomic E-state index is 13.2. The molecule has 5 heteroatoms. The molecule has 0 saturated heterocycles. The third-order valence-corrected chi connectivity index (χ3v) is 5.48. The summed E-state index contributed by atoms with van der Waals surface area (Å²) >= 11 is 0. The Hall–Kier alpha value is -2.69. The molecule has 0 fully saturated rings. The van der Waals surface area contributed by atoms with Gasteiger partial charge in [-0.25, -0.2) is 0 Å². The molecule has 1 spiro atoms. The second-order valence-corrected chi connectivity index (χ2v) is 8.12. The Kier molecular flexibility index (Phi) is 2.95. The number of nitrogens with one attached hydrogen (secondary N) is 1. The van der Waals surface area contributed by atoms with Gasteiger partial charge in [-0.05, 0) is 23.1 Å². The summed E-state index contributed by atoms with van der Waals surface area (Å²) in [5, 5.41) is 3.07. The third kappa shape index (κ3) is 1.88. The zero-order chi connectivity index (χ0) is 18.1. The van der Waals surface area contributed by atoms with Crippen molar-refractivity contribution in [1.29, 1.82) is 0 Å². The van der Waals surface area contributed by atoms with Crippen molar-refractivity contribution in [2.45, 2.75) is 31.6 Å². The van der Waals surface area contributed by atoms with Crippen molar-refractivity contribution < 1.29 is 19.0 Å². The van der Waals surface area contributed by atoms with Crippen molar-refractivity contribution in [3.05, 3.63) is 47.0 Å². The van der Waals surface area contributed by atoms with E-state index in [0.29, 0.717) is 30.5 Å². The standard InChI is InChI=1S/C21H21NO4/c1-20(2,3)12-5-4-6-14-18(12)21(19(23)22-14)11-26-15-10-17-16(9-13(15)21)24-7-8-25-17/h4-6,9-10H,7-8,11H2,1-3H3,(H,22,23). The number of carbonyl (C=O) groups is 1. The average Bonchev–Trinajstić information content (AvgIpc) is 3.11. The molecular formula is C21H21NO4. The Morgan fingerprint density at radius 3 is 2.46 bits per heavy atom. The average molecular weight is 351 g/mol. The van der Waals surface area contributed by atoms with Crippen LogP contribution in [0.5, 0.6) is 17.2 Å². The van der Waals surface area contributed by atoms with E-state index in [1.165, 1.54) is 0 Å². The first-order chi connectivity index (χ1) is 12.4. The van der Waals surface area contributed by atoms with E-state index in [2.05, 4.69) is 32.2 Å². The largest absolute Gasteiger partial charge is 0.491 e. The molecule has 0 aromatic heterocycles. The fraction of sp³-hybridized carbons (Fsp3) is 0.381. The molecule has 134 valence electrons. The SMILES string of the molecule is CC(C)(C)c1cccc2c1C1(COc3cc4c(cc31)OCCO4)C(=O)N2. The summed E-state index contributed by atoms with van der Waals surface area (Å²) in [6.07, 6.45) is 0. The Labute approximate surface area is 152 Å². The second-order valence-electron chi connectivity index (χ2n) is 8.12. The molecule has 3 aliphatic heterocycles. The van der Waals surface area contributed by atoms with Gasteiger partial charge >= 0.3 is 0 Å². The van der Waals surface area contributed by atoms with E-state index in [0.717, 1.165) is 22.4 Å². The summed E-state index contributed by atoms with van der Waals surface area (Å²) in [6.45, 7) is 7.82. The van der Waals surface area contributed by atoms with Gasteiger partial charge in [0.1, 0.15) is 31.0 Å². The predicted molar refractivity (Wildman–Crippen MR) is 97.5 cm³/mol. The number of amides is 1. The molecule has 2 aromatic carbocycles. The van der Waals surface area contributed by atoms with Crippen LogP contribution in [0, 0.1) is 0 Å². The van der Waals surface area contributed by atoms with Crippen molar-refractivity contribution >= 4 is 11.6 Å². The molecule has 26 heavy (non-hydrogen) atoms. The zero-order valence-corrected chi connectivity index (χ0v) is 15.1. The van der Waals surface area contributed by atoms with E-state index in [9.17, 15) is 4.79 Å². The van der Waals surface area contributed by atoms with Crippen LogP contribution >= 0.6 is 0 Å². The Balaban J connectivity index is 1.78. The van der Waals surface area contributed by atoms with Gasteiger partial charge in [-0.15, -0.1) is 0 Å². The molecule has 5 rings (SSSR count). The van der Waals surface area contributed by atoms with Crippen molar-refractivity contribution in [3.63, 3.8) is 0 Å². The molecule has 1 unspecified atom stereocenters. The Morgan fingerprint density at radius 2 is 1.73 bits per heavy atom. The van der Waals surface area contributed by atoms with E-state index in [1.54, 1.807) is 0 Å². The van der Waals surface area contributed by atoms with Crippen LogP contribution in [0.2, 0.25) is 0 Å². The lowest BCUT2D eigenvalue weighted by molar-refractivity contribution is -0.119. The molecule has 0 aliphatic carbocycles. The van der Waals surface area contributed by atoms with Gasteiger partial charge in [-0.2, -0.15) is 0 Å². The first-order valence-corrected chi connectivity index (χ1v) is 8.93. The number of carbonyl (C=O) groups excluding carboxylic acids is 1. The Bertz CT molecular complexity index is 944. The lowest BCUT2D eigenvalue weighted by Crippen LogP contribution is -2.39. The molecule has 1 N–H and O–H groups in total. The zero-order valence-electron chi connectivity index (χ0n) is 15.1. The van der Waals surface area contributed by atoms with Gasteiger partial charge in [0, 0.05) is 22.9 Å². The van der Waals surface area contributed by atoms with E-state index >= 15 is 0 Å². The minimum atomic E-state index is -0.843. The van der Waals surface area contributed by atoms with E-state index in [1.807, 2.05) is 24.3 Å². The van der Waals surface area contributed by atoms with E-state index in [4.69, 9.17) is 14.2 Å². The van der Waals surface area contributed by atoms with E-state index < -0.39 is 5.41 Å². The maximum Gasteiger partial charge on any atom is 0.243 e. The highest BCUT2D eigenvalue weighted by atomic mass is 16.6. The molecule has 2 aromatic rings. The topological polar surface area (TPSA) is 56.8 Å². The van der Waals surface area contributed by atoms with Gasteiger partial charge in [0.25, 0.3) is 0 Å². The summed E-state index contributed by atoms with van der Waals surface area (Å²) in [6, 6.07) is 9.85. The van der Waals surface area contributed by atoms with Gasteiger partial charge in [0.2, 0.25) is 5.91 Å². The first kappa shape index (κ1) is 15.6. The van der Waals surface area contributed by atoms with E-state index in [-0.39, 0.29) is 17.9 Å². The molecule has 5 nitrogen and oxygen atoms in total. The highest BCUT2D eigenvalue weighted by molar-refractivity contribution is 6.10. The molecule has 1 amide bonds. The van der Waals surface area contributed by atoms with Crippen molar-refractivity contribution in [2.75, 3.05) is 25.1 Å². The number of anilines is 1. The summed E-state index contributed by atoms with van der Waals surface area (Å²) in [5.41, 5.74) is 2.96. The minimum Gasteiger partial charge on any atom is -0.491 e. The van der Waals surface area contributed by atoms with Crippen molar-refractivity contribution in [1.82, 2.24) is 0 Å². The van der Waals surface area contributed by atoms with Crippen LogP contribution in [0.25, 0.3) is 0 Å². The van der Waals surface area contributed by atoms with Crippen LogP contribution in [-0.4, -0.2) is 25.7 Å². The predicted octanol–water partition coefficient (Wildman–Crippen LogP) is 3.39. The number of benzene rings is 2. The summed E-state index contributed by atoms with van der Waals surface area (Å²) in [4.78, 5) is 13.2. The third-order valence-electron chi connectivity index (χ3n) is 5.48. The number of rotatable bonds is 0. The highest BCUT2D eigenvalue weighted by Gasteiger charge is 2.56. The van der Waals surface area contributed by atoms with Crippen LogP contribution in [0.4, 0.5) is 5.69 Å². The van der Waals surface area contributed by atoms with Crippen LogP contribution in [0.3, 0.4) is 0 Å². The maximum atomic E-state index is 13.2. The lowest BCUT2D eigenvalue weighted by Gasteiger charge is -2.29. The normalized spacial score (nSPS) is 22.7. The molecule has 1 atom stereocenters. The lowest BCUT2D eigenvalue weighted by atomic mass is 9.70. The quantitative estimate of drug-likeness (QED) is 0.790. The molecule has 3 aliphatic rings. The highest BCUT2D eigenvalue weighted by Crippen LogP contribution is 2.55. The molecule has 0 saturated carbocycles. The monoisotopic (exact) mass is 351 g/mol. The van der Waals surface area contributed by atoms with Gasteiger partial charge in [-0.1, -0.05) is 32.9 Å². The summed E-state index contributed by atoms with van der Waals surface area (Å²) in [5.74, 6) is 2.00. The smallest absolute Gasteiger partial charge is 0.243 e. The number of hydrogen-bond acceptors (Lipinski definition) is 4. The second kappa shape index (κ2) is 4.93. The fourth-order valence-electron chi connectivity index (χ4n) is 4.27. The minimum absolute atomic E-state index is 0.0420. The van der Waals surface area contributed by atoms with Crippen LogP contribution in [0.15, 0.2) is 30.3 Å². The first-order valence-electron chi connectivity index (χ1n) is 8.93. The van der Waals surface area contributed by atoms with Crippen molar-refractivity contribution in [3.8, 4) is 17.2 Å². The molecule has 0 bridgehead atoms. The van der Waals surface area contributed by atoms with Gasteiger partial charge < -0.3 is 19.5 Å².